The molecule has 20 heavy (non-hydrogen) atoms. The molecule has 104 valence electrons. The van der Waals surface area contributed by atoms with Crippen LogP contribution in [0, 0.1) is 9.39 Å². The van der Waals surface area contributed by atoms with Gasteiger partial charge >= 0.3 is 5.97 Å². The second-order valence-corrected chi connectivity index (χ2v) is 4.91. The first kappa shape index (κ1) is 14.4. The molecular weight excluding hydrogens is 380 g/mol. The molecule has 1 aromatic heterocycles. The number of methoxy groups -OCH3 is 1. The molecule has 0 radical (unpaired) electrons. The molecule has 1 aromatic carbocycles. The number of aromatic nitrogens is 2. The third-order valence-electron chi connectivity index (χ3n) is 2.48. The van der Waals surface area contributed by atoms with Crippen LogP contribution in [-0.2, 0) is 0 Å². The van der Waals surface area contributed by atoms with Gasteiger partial charge in [-0.25, -0.2) is 19.2 Å². The first-order valence-corrected chi connectivity index (χ1v) is 6.42. The van der Waals surface area contributed by atoms with Gasteiger partial charge in [-0.1, -0.05) is 0 Å². The van der Waals surface area contributed by atoms with Crippen molar-refractivity contribution in [3.8, 4) is 17.1 Å². The van der Waals surface area contributed by atoms with Crippen LogP contribution in [0.4, 0.5) is 10.2 Å². The van der Waals surface area contributed by atoms with E-state index in [-0.39, 0.29) is 23.1 Å². The normalized spacial score (nSPS) is 10.3. The first-order valence-electron chi connectivity index (χ1n) is 5.34. The SMILES string of the molecule is COc1c(N)nc(-c2ccc(I)c(F)c2)nc1C(=O)O. The minimum atomic E-state index is -1.30. The Bertz CT molecular complexity index is 694. The zero-order valence-electron chi connectivity index (χ0n) is 10.2. The van der Waals surface area contributed by atoms with Gasteiger partial charge in [0.05, 0.1) is 7.11 Å². The summed E-state index contributed by atoms with van der Waals surface area (Å²) in [6.07, 6.45) is 0. The fourth-order valence-electron chi connectivity index (χ4n) is 1.58. The van der Waals surface area contributed by atoms with Crippen molar-refractivity contribution in [2.24, 2.45) is 0 Å². The van der Waals surface area contributed by atoms with E-state index in [1.807, 2.05) is 22.6 Å². The van der Waals surface area contributed by atoms with E-state index in [2.05, 4.69) is 9.97 Å². The van der Waals surface area contributed by atoms with Crippen LogP contribution in [0.1, 0.15) is 10.5 Å². The number of nitrogens with zero attached hydrogens (tertiary/aromatic N) is 2. The molecule has 0 amide bonds. The Morgan fingerprint density at radius 2 is 2.15 bits per heavy atom. The van der Waals surface area contributed by atoms with E-state index < -0.39 is 11.8 Å². The van der Waals surface area contributed by atoms with E-state index in [9.17, 15) is 9.18 Å². The van der Waals surface area contributed by atoms with Crippen LogP contribution in [0.15, 0.2) is 18.2 Å². The Hall–Kier alpha value is -1.97. The number of carbonyl (C=O) groups is 1. The maximum atomic E-state index is 13.5. The molecule has 1 heterocycles. The van der Waals surface area contributed by atoms with Crippen molar-refractivity contribution in [2.75, 3.05) is 12.8 Å². The Morgan fingerprint density at radius 3 is 2.70 bits per heavy atom. The first-order chi connectivity index (χ1) is 9.43. The number of carboxylic acids is 1. The van der Waals surface area contributed by atoms with E-state index in [1.54, 1.807) is 6.07 Å². The number of rotatable bonds is 3. The van der Waals surface area contributed by atoms with E-state index in [0.717, 1.165) is 0 Å². The Labute approximate surface area is 126 Å². The number of carboxylic acid groups (broad SMARTS) is 1. The van der Waals surface area contributed by atoms with Crippen LogP contribution in [-0.4, -0.2) is 28.2 Å². The predicted molar refractivity (Wildman–Crippen MR) is 78.1 cm³/mol. The van der Waals surface area contributed by atoms with Gasteiger partial charge < -0.3 is 15.6 Å². The lowest BCUT2D eigenvalue weighted by Gasteiger charge is -2.09. The number of nitrogen functional groups attached to an aromatic ring is 1. The molecule has 0 atom stereocenters. The maximum absolute atomic E-state index is 13.5. The minimum Gasteiger partial charge on any atom is -0.491 e. The summed E-state index contributed by atoms with van der Waals surface area (Å²) < 4.78 is 18.8. The fourth-order valence-corrected chi connectivity index (χ4v) is 1.91. The van der Waals surface area contributed by atoms with Gasteiger partial charge in [0.15, 0.2) is 23.1 Å². The quantitative estimate of drug-likeness (QED) is 0.781. The van der Waals surface area contributed by atoms with Gasteiger partial charge in [-0.15, -0.1) is 0 Å². The number of anilines is 1. The van der Waals surface area contributed by atoms with Crippen molar-refractivity contribution in [3.63, 3.8) is 0 Å². The number of nitrogens with two attached hydrogens (primary N) is 1. The number of hydrogen-bond acceptors (Lipinski definition) is 5. The lowest BCUT2D eigenvalue weighted by atomic mass is 10.2. The summed E-state index contributed by atoms with van der Waals surface area (Å²) in [7, 11) is 1.27. The number of halogens is 2. The minimum absolute atomic E-state index is 0.0241. The second kappa shape index (κ2) is 5.57. The number of hydrogen-bond donors (Lipinski definition) is 2. The molecule has 0 spiro atoms. The van der Waals surface area contributed by atoms with Crippen LogP contribution in [0.5, 0.6) is 5.75 Å². The number of aromatic carboxylic acids is 1. The van der Waals surface area contributed by atoms with Crippen molar-refractivity contribution in [3.05, 3.63) is 33.3 Å². The van der Waals surface area contributed by atoms with Gasteiger partial charge in [0, 0.05) is 9.13 Å². The summed E-state index contributed by atoms with van der Waals surface area (Å²) in [4.78, 5) is 18.9. The van der Waals surface area contributed by atoms with Crippen molar-refractivity contribution in [1.82, 2.24) is 9.97 Å². The molecule has 0 aliphatic rings. The molecule has 0 aliphatic carbocycles. The molecule has 2 rings (SSSR count). The molecular formula is C12H9FIN3O3. The molecule has 2 aromatic rings. The molecule has 0 fully saturated rings. The van der Waals surface area contributed by atoms with Gasteiger partial charge in [0.25, 0.3) is 0 Å². The van der Waals surface area contributed by atoms with Gasteiger partial charge in [0.2, 0.25) is 0 Å². The second-order valence-electron chi connectivity index (χ2n) is 3.75. The molecule has 0 aliphatic heterocycles. The standard InChI is InChI=1S/C12H9FIN3O3/c1-20-9-8(12(18)19)16-11(17-10(9)15)5-2-3-7(14)6(13)4-5/h2-4H,1H3,(H,18,19)(H2,15,16,17). The average molecular weight is 389 g/mol. The van der Waals surface area contributed by atoms with Crippen molar-refractivity contribution >= 4 is 34.4 Å². The summed E-state index contributed by atoms with van der Waals surface area (Å²) >= 11 is 1.84. The summed E-state index contributed by atoms with van der Waals surface area (Å²) in [5, 5.41) is 9.09. The third-order valence-corrected chi connectivity index (χ3v) is 3.35. The molecule has 8 heteroatoms. The Balaban J connectivity index is 2.63. The lowest BCUT2D eigenvalue weighted by molar-refractivity contribution is 0.0686. The van der Waals surface area contributed by atoms with E-state index in [1.165, 1.54) is 19.2 Å². The van der Waals surface area contributed by atoms with E-state index >= 15 is 0 Å². The van der Waals surface area contributed by atoms with Crippen LogP contribution in [0.3, 0.4) is 0 Å². The monoisotopic (exact) mass is 389 g/mol. The summed E-state index contributed by atoms with van der Waals surface area (Å²) in [5.41, 5.74) is 5.61. The smallest absolute Gasteiger partial charge is 0.358 e. The summed E-state index contributed by atoms with van der Waals surface area (Å²) in [5.74, 6) is -1.96. The molecule has 0 bridgehead atoms. The van der Waals surface area contributed by atoms with Gasteiger partial charge in [-0.05, 0) is 40.8 Å². The van der Waals surface area contributed by atoms with Crippen LogP contribution in [0.2, 0.25) is 0 Å². The van der Waals surface area contributed by atoms with Gasteiger partial charge in [-0.2, -0.15) is 0 Å². The highest BCUT2D eigenvalue weighted by atomic mass is 127. The van der Waals surface area contributed by atoms with Crippen molar-refractivity contribution < 1.29 is 19.0 Å². The van der Waals surface area contributed by atoms with Crippen LogP contribution in [0.25, 0.3) is 11.4 Å². The lowest BCUT2D eigenvalue weighted by Crippen LogP contribution is -2.10. The van der Waals surface area contributed by atoms with Crippen LogP contribution >= 0.6 is 22.6 Å². The molecule has 3 N–H and O–H groups in total. The van der Waals surface area contributed by atoms with Crippen LogP contribution < -0.4 is 10.5 Å². The predicted octanol–water partition coefficient (Wildman–Crippen LogP) is 2.18. The fraction of sp³-hybridized carbons (Fsp3) is 0.0833. The highest BCUT2D eigenvalue weighted by Crippen LogP contribution is 2.27. The van der Waals surface area contributed by atoms with Crippen molar-refractivity contribution in [1.29, 1.82) is 0 Å². The zero-order chi connectivity index (χ0) is 14.9. The van der Waals surface area contributed by atoms with Gasteiger partial charge in [0.1, 0.15) is 5.82 Å². The van der Waals surface area contributed by atoms with Crippen molar-refractivity contribution in [2.45, 2.75) is 0 Å². The topological polar surface area (TPSA) is 98.3 Å². The molecule has 6 nitrogen and oxygen atoms in total. The summed E-state index contributed by atoms with van der Waals surface area (Å²) in [6, 6.07) is 4.34. The van der Waals surface area contributed by atoms with Gasteiger partial charge in [-0.3, -0.25) is 0 Å². The number of benzene rings is 1. The largest absolute Gasteiger partial charge is 0.491 e. The average Bonchev–Trinajstić information content (AvgIpc) is 2.40. The maximum Gasteiger partial charge on any atom is 0.358 e. The Kier molecular flexibility index (Phi) is 4.02. The Morgan fingerprint density at radius 1 is 1.45 bits per heavy atom. The molecule has 0 saturated heterocycles. The molecule has 0 unspecified atom stereocenters. The van der Waals surface area contributed by atoms with E-state index in [4.69, 9.17) is 15.6 Å². The zero-order valence-corrected chi connectivity index (χ0v) is 12.4. The highest BCUT2D eigenvalue weighted by Gasteiger charge is 2.20. The van der Waals surface area contributed by atoms with E-state index in [0.29, 0.717) is 9.13 Å². The number of ether oxygens (including phenoxy) is 1. The third kappa shape index (κ3) is 2.64. The molecule has 0 saturated carbocycles. The highest BCUT2D eigenvalue weighted by molar-refractivity contribution is 14.1. The summed E-state index contributed by atoms with van der Waals surface area (Å²) in [6.45, 7) is 0.